The minimum absolute atomic E-state index is 0.0250. The van der Waals surface area contributed by atoms with Crippen molar-refractivity contribution < 1.29 is 14.3 Å². The third-order valence-corrected chi connectivity index (χ3v) is 4.78. The predicted molar refractivity (Wildman–Crippen MR) is 94.1 cm³/mol. The van der Waals surface area contributed by atoms with Crippen LogP contribution >= 0.6 is 11.6 Å². The zero-order chi connectivity index (χ0) is 17.1. The van der Waals surface area contributed by atoms with Crippen LogP contribution in [0, 0.1) is 11.8 Å². The van der Waals surface area contributed by atoms with Gasteiger partial charge in [-0.1, -0.05) is 25.4 Å². The molecule has 0 aliphatic carbocycles. The van der Waals surface area contributed by atoms with E-state index in [1.165, 1.54) is 6.42 Å². The minimum atomic E-state index is 0.0250. The largest absolute Gasteiger partial charge is 0.486 e. The number of nitrogens with one attached hydrogen (secondary N) is 1. The maximum atomic E-state index is 12.3. The van der Waals surface area contributed by atoms with Crippen molar-refractivity contribution in [2.45, 2.75) is 26.7 Å². The van der Waals surface area contributed by atoms with Gasteiger partial charge in [-0.3, -0.25) is 0 Å². The second-order valence-corrected chi connectivity index (χ2v) is 7.34. The third-order valence-electron chi connectivity index (χ3n) is 4.50. The molecule has 2 aliphatic heterocycles. The molecular formula is C18H25ClN2O3. The van der Waals surface area contributed by atoms with E-state index in [0.717, 1.165) is 18.7 Å². The lowest BCUT2D eigenvalue weighted by Crippen LogP contribution is -2.47. The summed E-state index contributed by atoms with van der Waals surface area (Å²) in [5.41, 5.74) is 1.03. The van der Waals surface area contributed by atoms with E-state index >= 15 is 0 Å². The van der Waals surface area contributed by atoms with Gasteiger partial charge in [-0.25, -0.2) is 4.79 Å². The quantitative estimate of drug-likeness (QED) is 0.907. The lowest BCUT2D eigenvalue weighted by Gasteiger charge is -2.34. The fourth-order valence-electron chi connectivity index (χ4n) is 3.56. The normalized spacial score (nSPS) is 23.0. The number of carbonyl (C=O) groups excluding carboxylic acids is 1. The van der Waals surface area contributed by atoms with Gasteiger partial charge in [0.25, 0.3) is 0 Å². The highest BCUT2D eigenvalue weighted by molar-refractivity contribution is 6.32. The first-order chi connectivity index (χ1) is 11.5. The number of likely N-dealkylation sites (tertiary alicyclic amines) is 1. The van der Waals surface area contributed by atoms with Crippen molar-refractivity contribution in [1.82, 2.24) is 10.2 Å². The molecule has 2 amide bonds. The molecule has 0 saturated carbocycles. The number of amides is 2. The lowest BCUT2D eigenvalue weighted by atomic mass is 9.92. The van der Waals surface area contributed by atoms with Crippen LogP contribution in [-0.4, -0.2) is 43.8 Å². The first-order valence-corrected chi connectivity index (χ1v) is 9.01. The van der Waals surface area contributed by atoms with Crippen LogP contribution in [0.3, 0.4) is 0 Å². The molecule has 132 valence electrons. The second-order valence-electron chi connectivity index (χ2n) is 6.93. The van der Waals surface area contributed by atoms with Gasteiger partial charge < -0.3 is 19.7 Å². The molecule has 0 radical (unpaired) electrons. The summed E-state index contributed by atoms with van der Waals surface area (Å²) in [6.07, 6.45) is 1.90. The van der Waals surface area contributed by atoms with Gasteiger partial charge in [-0.05, 0) is 42.4 Å². The maximum absolute atomic E-state index is 12.3. The van der Waals surface area contributed by atoms with Crippen LogP contribution in [0.25, 0.3) is 0 Å². The summed E-state index contributed by atoms with van der Waals surface area (Å²) in [6, 6.07) is 3.85. The van der Waals surface area contributed by atoms with Gasteiger partial charge in [0, 0.05) is 19.6 Å². The minimum Gasteiger partial charge on any atom is -0.486 e. The Morgan fingerprint density at radius 3 is 2.71 bits per heavy atom. The van der Waals surface area contributed by atoms with Crippen molar-refractivity contribution in [3.63, 3.8) is 0 Å². The Balaban J connectivity index is 1.53. The van der Waals surface area contributed by atoms with Gasteiger partial charge in [0.15, 0.2) is 11.5 Å². The van der Waals surface area contributed by atoms with Gasteiger partial charge in [-0.2, -0.15) is 0 Å². The first kappa shape index (κ1) is 17.2. The van der Waals surface area contributed by atoms with Crippen LogP contribution in [0.5, 0.6) is 11.5 Å². The number of hydrogen-bond acceptors (Lipinski definition) is 3. The zero-order valence-corrected chi connectivity index (χ0v) is 15.1. The molecule has 0 bridgehead atoms. The molecular weight excluding hydrogens is 328 g/mol. The number of halogens is 1. The van der Waals surface area contributed by atoms with Crippen LogP contribution in [0.4, 0.5) is 4.79 Å². The molecule has 0 spiro atoms. The Labute approximate surface area is 148 Å². The molecule has 24 heavy (non-hydrogen) atoms. The van der Waals surface area contributed by atoms with Crippen LogP contribution in [0.15, 0.2) is 12.1 Å². The van der Waals surface area contributed by atoms with Crippen LogP contribution in [0.2, 0.25) is 5.02 Å². The smallest absolute Gasteiger partial charge is 0.317 e. The van der Waals surface area contributed by atoms with E-state index in [2.05, 4.69) is 19.2 Å². The average molecular weight is 353 g/mol. The Hall–Kier alpha value is -1.62. The topological polar surface area (TPSA) is 50.8 Å². The first-order valence-electron chi connectivity index (χ1n) is 8.63. The van der Waals surface area contributed by atoms with Crippen molar-refractivity contribution in [2.24, 2.45) is 11.8 Å². The van der Waals surface area contributed by atoms with Crippen molar-refractivity contribution in [2.75, 3.05) is 32.8 Å². The van der Waals surface area contributed by atoms with Crippen molar-refractivity contribution in [3.05, 3.63) is 22.7 Å². The number of fused-ring (bicyclic) bond motifs is 1. The number of carbonyl (C=O) groups is 1. The van der Waals surface area contributed by atoms with E-state index in [0.29, 0.717) is 54.5 Å². The van der Waals surface area contributed by atoms with Crippen molar-refractivity contribution >= 4 is 17.6 Å². The van der Waals surface area contributed by atoms with Gasteiger partial charge >= 0.3 is 6.03 Å². The average Bonchev–Trinajstić information content (AvgIpc) is 2.54. The number of piperidine rings is 1. The number of urea groups is 1. The monoisotopic (exact) mass is 352 g/mol. The van der Waals surface area contributed by atoms with E-state index in [1.54, 1.807) is 0 Å². The lowest BCUT2D eigenvalue weighted by molar-refractivity contribution is 0.146. The number of ether oxygens (including phenoxy) is 2. The maximum Gasteiger partial charge on any atom is 0.317 e. The van der Waals surface area contributed by atoms with Gasteiger partial charge in [0.2, 0.25) is 0 Å². The summed E-state index contributed by atoms with van der Waals surface area (Å²) in [4.78, 5) is 14.2. The Morgan fingerprint density at radius 2 is 1.96 bits per heavy atom. The van der Waals surface area contributed by atoms with Gasteiger partial charge in [0.05, 0.1) is 5.02 Å². The second kappa shape index (κ2) is 7.51. The fraction of sp³-hybridized carbons (Fsp3) is 0.611. The number of rotatable bonds is 3. The Bertz CT molecular complexity index is 598. The molecule has 6 heteroatoms. The third kappa shape index (κ3) is 4.07. The van der Waals surface area contributed by atoms with E-state index in [4.69, 9.17) is 21.1 Å². The van der Waals surface area contributed by atoms with Crippen LogP contribution in [0.1, 0.15) is 25.8 Å². The zero-order valence-electron chi connectivity index (χ0n) is 14.3. The summed E-state index contributed by atoms with van der Waals surface area (Å²) >= 11 is 6.24. The van der Waals surface area contributed by atoms with E-state index in [1.807, 2.05) is 17.0 Å². The number of benzene rings is 1. The van der Waals surface area contributed by atoms with E-state index in [9.17, 15) is 4.79 Å². The molecule has 2 heterocycles. The highest BCUT2D eigenvalue weighted by Crippen LogP contribution is 2.38. The van der Waals surface area contributed by atoms with Crippen LogP contribution < -0.4 is 14.8 Å². The van der Waals surface area contributed by atoms with E-state index in [-0.39, 0.29) is 6.03 Å². The molecule has 3 rings (SSSR count). The summed E-state index contributed by atoms with van der Waals surface area (Å²) in [7, 11) is 0. The molecule has 1 saturated heterocycles. The molecule has 5 nitrogen and oxygen atoms in total. The SMILES string of the molecule is CC1CC(C)CN(C(=O)NCCc2cc(Cl)c3c(c2)OCCO3)C1. The Morgan fingerprint density at radius 1 is 1.25 bits per heavy atom. The predicted octanol–water partition coefficient (Wildman–Crippen LogP) is 3.34. The number of nitrogens with zero attached hydrogens (tertiary/aromatic N) is 1. The molecule has 2 atom stereocenters. The summed E-state index contributed by atoms with van der Waals surface area (Å²) in [5.74, 6) is 2.44. The highest BCUT2D eigenvalue weighted by atomic mass is 35.5. The van der Waals surface area contributed by atoms with Gasteiger partial charge in [-0.15, -0.1) is 0 Å². The molecule has 1 aromatic rings. The van der Waals surface area contributed by atoms with Crippen LogP contribution in [-0.2, 0) is 6.42 Å². The summed E-state index contributed by atoms with van der Waals surface area (Å²) in [5, 5.41) is 3.58. The summed E-state index contributed by atoms with van der Waals surface area (Å²) < 4.78 is 11.1. The van der Waals surface area contributed by atoms with Crippen molar-refractivity contribution in [1.29, 1.82) is 0 Å². The van der Waals surface area contributed by atoms with Crippen molar-refractivity contribution in [3.8, 4) is 11.5 Å². The summed E-state index contributed by atoms with van der Waals surface area (Å²) in [6.45, 7) is 7.72. The molecule has 2 aliphatic rings. The molecule has 1 fully saturated rings. The molecule has 0 aromatic heterocycles. The fourth-order valence-corrected chi connectivity index (χ4v) is 3.85. The van der Waals surface area contributed by atoms with Gasteiger partial charge in [0.1, 0.15) is 13.2 Å². The molecule has 1 aromatic carbocycles. The molecule has 2 unspecified atom stereocenters. The number of hydrogen-bond donors (Lipinski definition) is 1. The standard InChI is InChI=1S/C18H25ClN2O3/c1-12-7-13(2)11-21(10-12)18(22)20-4-3-14-8-15(19)17-16(9-14)23-5-6-24-17/h8-9,12-13H,3-7,10-11H2,1-2H3,(H,20,22). The van der Waals surface area contributed by atoms with E-state index < -0.39 is 0 Å². The molecule has 1 N–H and O–H groups in total. The Kier molecular flexibility index (Phi) is 5.39. The highest BCUT2D eigenvalue weighted by Gasteiger charge is 2.25.